The zero-order chi connectivity index (χ0) is 18.9. The number of carbonyl (C=O) groups is 2. The van der Waals surface area contributed by atoms with Crippen LogP contribution in [-0.4, -0.2) is 25.1 Å². The van der Waals surface area contributed by atoms with E-state index in [-0.39, 0.29) is 24.5 Å². The Bertz CT molecular complexity index is 723. The fourth-order valence-corrected chi connectivity index (χ4v) is 2.46. The maximum atomic E-state index is 12.1. The molecule has 0 aromatic heterocycles. The zero-order valence-corrected chi connectivity index (χ0v) is 15.5. The van der Waals surface area contributed by atoms with Crippen LogP contribution in [0.25, 0.3) is 0 Å². The van der Waals surface area contributed by atoms with Crippen LogP contribution in [0, 0.1) is 0 Å². The minimum absolute atomic E-state index is 0.0872. The van der Waals surface area contributed by atoms with Gasteiger partial charge in [-0.15, -0.1) is 0 Å². The van der Waals surface area contributed by atoms with Crippen LogP contribution in [0.1, 0.15) is 48.3 Å². The molecule has 2 aromatic rings. The van der Waals surface area contributed by atoms with Gasteiger partial charge < -0.3 is 14.8 Å². The van der Waals surface area contributed by atoms with Crippen molar-refractivity contribution in [3.05, 3.63) is 65.2 Å². The van der Waals surface area contributed by atoms with Crippen molar-refractivity contribution in [2.45, 2.75) is 33.2 Å². The van der Waals surface area contributed by atoms with E-state index in [1.807, 2.05) is 19.1 Å². The molecule has 1 amide bonds. The molecule has 1 atom stereocenters. The predicted molar refractivity (Wildman–Crippen MR) is 100 cm³/mol. The number of carbonyl (C=O) groups excluding carboxylic acids is 2. The van der Waals surface area contributed by atoms with Crippen molar-refractivity contribution in [3.63, 3.8) is 0 Å². The Morgan fingerprint density at radius 1 is 1.00 bits per heavy atom. The Kier molecular flexibility index (Phi) is 7.21. The van der Waals surface area contributed by atoms with E-state index >= 15 is 0 Å². The number of benzene rings is 2. The van der Waals surface area contributed by atoms with E-state index in [2.05, 4.69) is 24.4 Å². The monoisotopic (exact) mass is 355 g/mol. The molecule has 0 aliphatic rings. The summed E-state index contributed by atoms with van der Waals surface area (Å²) in [5.74, 6) is -0.0561. The molecule has 5 nitrogen and oxygen atoms in total. The first kappa shape index (κ1) is 19.5. The number of hydrogen-bond acceptors (Lipinski definition) is 4. The van der Waals surface area contributed by atoms with Gasteiger partial charge in [0.2, 0.25) is 0 Å². The van der Waals surface area contributed by atoms with E-state index in [1.54, 1.807) is 31.2 Å². The summed E-state index contributed by atoms with van der Waals surface area (Å²) in [7, 11) is 0. The normalized spacial score (nSPS) is 11.5. The van der Waals surface area contributed by atoms with Crippen LogP contribution in [0.3, 0.4) is 0 Å². The van der Waals surface area contributed by atoms with Crippen LogP contribution in [-0.2, 0) is 16.0 Å². The van der Waals surface area contributed by atoms with Gasteiger partial charge in [0.15, 0.2) is 6.61 Å². The smallest absolute Gasteiger partial charge is 0.338 e. The lowest BCUT2D eigenvalue weighted by Gasteiger charge is -2.15. The Morgan fingerprint density at radius 2 is 1.65 bits per heavy atom. The maximum absolute atomic E-state index is 12.1. The molecule has 0 spiro atoms. The number of amides is 1. The first-order valence-corrected chi connectivity index (χ1v) is 8.81. The highest BCUT2D eigenvalue weighted by Gasteiger charge is 2.11. The minimum Gasteiger partial charge on any atom is -0.484 e. The molecule has 2 aromatic carbocycles. The SMILES string of the molecule is CCOC(=O)c1ccc(OCC(=O)NC(C)c2ccc(CC)cc2)cc1. The van der Waals surface area contributed by atoms with Crippen molar-refractivity contribution >= 4 is 11.9 Å². The van der Waals surface area contributed by atoms with Crippen molar-refractivity contribution in [1.29, 1.82) is 0 Å². The highest BCUT2D eigenvalue weighted by molar-refractivity contribution is 5.89. The summed E-state index contributed by atoms with van der Waals surface area (Å²) in [6, 6.07) is 14.6. The standard InChI is InChI=1S/C21H25NO4/c1-4-16-6-8-17(9-7-16)15(3)22-20(23)14-26-19-12-10-18(11-13-19)21(24)25-5-2/h6-13,15H,4-5,14H2,1-3H3,(H,22,23). The Balaban J connectivity index is 1.83. The largest absolute Gasteiger partial charge is 0.484 e. The molecule has 0 saturated carbocycles. The molecule has 0 fully saturated rings. The average Bonchev–Trinajstić information content (AvgIpc) is 2.67. The second-order valence-electron chi connectivity index (χ2n) is 5.92. The molecule has 5 heteroatoms. The Hall–Kier alpha value is -2.82. The molecule has 2 rings (SSSR count). The van der Waals surface area contributed by atoms with Gasteiger partial charge in [0, 0.05) is 0 Å². The Labute approximate surface area is 154 Å². The lowest BCUT2D eigenvalue weighted by molar-refractivity contribution is -0.123. The number of rotatable bonds is 8. The van der Waals surface area contributed by atoms with Gasteiger partial charge in [0.05, 0.1) is 18.2 Å². The highest BCUT2D eigenvalue weighted by Crippen LogP contribution is 2.15. The van der Waals surface area contributed by atoms with E-state index in [9.17, 15) is 9.59 Å². The van der Waals surface area contributed by atoms with E-state index in [0.717, 1.165) is 12.0 Å². The zero-order valence-electron chi connectivity index (χ0n) is 15.5. The maximum Gasteiger partial charge on any atom is 0.338 e. The topological polar surface area (TPSA) is 64.6 Å². The van der Waals surface area contributed by atoms with Gasteiger partial charge in [0.25, 0.3) is 5.91 Å². The molecule has 1 N–H and O–H groups in total. The summed E-state index contributed by atoms with van der Waals surface area (Å²) in [5, 5.41) is 2.91. The molecule has 138 valence electrons. The molecule has 0 bridgehead atoms. The summed E-state index contributed by atoms with van der Waals surface area (Å²) in [5.41, 5.74) is 2.77. The molecule has 0 saturated heterocycles. The van der Waals surface area contributed by atoms with Crippen molar-refractivity contribution < 1.29 is 19.1 Å². The molecule has 26 heavy (non-hydrogen) atoms. The van der Waals surface area contributed by atoms with E-state index in [1.165, 1.54) is 5.56 Å². The quantitative estimate of drug-likeness (QED) is 0.734. The van der Waals surface area contributed by atoms with Crippen LogP contribution in [0.2, 0.25) is 0 Å². The minimum atomic E-state index is -0.375. The van der Waals surface area contributed by atoms with Crippen LogP contribution in [0.15, 0.2) is 48.5 Å². The van der Waals surface area contributed by atoms with Gasteiger partial charge in [-0.1, -0.05) is 31.2 Å². The number of nitrogens with one attached hydrogen (secondary N) is 1. The van der Waals surface area contributed by atoms with Crippen LogP contribution < -0.4 is 10.1 Å². The number of hydrogen-bond donors (Lipinski definition) is 1. The molecular weight excluding hydrogens is 330 g/mol. The molecule has 0 radical (unpaired) electrons. The summed E-state index contributed by atoms with van der Waals surface area (Å²) in [6.45, 7) is 6.05. The number of ether oxygens (including phenoxy) is 2. The van der Waals surface area contributed by atoms with Gasteiger partial charge in [-0.2, -0.15) is 0 Å². The first-order chi connectivity index (χ1) is 12.5. The highest BCUT2D eigenvalue weighted by atomic mass is 16.5. The fraction of sp³-hybridized carbons (Fsp3) is 0.333. The van der Waals surface area contributed by atoms with Crippen molar-refractivity contribution in [3.8, 4) is 5.75 Å². The summed E-state index contributed by atoms with van der Waals surface area (Å²) in [6.07, 6.45) is 0.990. The van der Waals surface area contributed by atoms with Gasteiger partial charge in [0.1, 0.15) is 5.75 Å². The van der Waals surface area contributed by atoms with E-state index < -0.39 is 0 Å². The van der Waals surface area contributed by atoms with Gasteiger partial charge in [-0.3, -0.25) is 4.79 Å². The van der Waals surface area contributed by atoms with E-state index in [0.29, 0.717) is 17.9 Å². The number of aryl methyl sites for hydroxylation is 1. The molecule has 1 unspecified atom stereocenters. The second kappa shape index (κ2) is 9.61. The molecule has 0 aliphatic carbocycles. The Morgan fingerprint density at radius 3 is 2.23 bits per heavy atom. The van der Waals surface area contributed by atoms with Gasteiger partial charge in [-0.05, 0) is 55.7 Å². The average molecular weight is 355 g/mol. The third-order valence-electron chi connectivity index (χ3n) is 4.00. The third-order valence-corrected chi connectivity index (χ3v) is 4.00. The van der Waals surface area contributed by atoms with Crippen LogP contribution in [0.5, 0.6) is 5.75 Å². The lowest BCUT2D eigenvalue weighted by Crippen LogP contribution is -2.31. The first-order valence-electron chi connectivity index (χ1n) is 8.81. The fourth-order valence-electron chi connectivity index (χ4n) is 2.46. The van der Waals surface area contributed by atoms with E-state index in [4.69, 9.17) is 9.47 Å². The van der Waals surface area contributed by atoms with Gasteiger partial charge >= 0.3 is 5.97 Å². The number of esters is 1. The third kappa shape index (κ3) is 5.62. The molecule has 0 aliphatic heterocycles. The molecule has 0 heterocycles. The second-order valence-corrected chi connectivity index (χ2v) is 5.92. The van der Waals surface area contributed by atoms with Crippen molar-refractivity contribution in [2.75, 3.05) is 13.2 Å². The van der Waals surface area contributed by atoms with Crippen LogP contribution in [0.4, 0.5) is 0 Å². The lowest BCUT2D eigenvalue weighted by atomic mass is 10.1. The van der Waals surface area contributed by atoms with Crippen molar-refractivity contribution in [1.82, 2.24) is 5.32 Å². The molecular formula is C21H25NO4. The summed E-state index contributed by atoms with van der Waals surface area (Å²) in [4.78, 5) is 23.7. The summed E-state index contributed by atoms with van der Waals surface area (Å²) >= 11 is 0. The predicted octanol–water partition coefficient (Wildman–Crippen LogP) is 3.68. The van der Waals surface area contributed by atoms with Crippen LogP contribution >= 0.6 is 0 Å². The van der Waals surface area contributed by atoms with Gasteiger partial charge in [-0.25, -0.2) is 4.79 Å². The van der Waals surface area contributed by atoms with Crippen molar-refractivity contribution in [2.24, 2.45) is 0 Å². The summed E-state index contributed by atoms with van der Waals surface area (Å²) < 4.78 is 10.4.